The minimum Gasteiger partial charge on any atom is -0.223 e. The molecule has 5 nitrogen and oxygen atoms in total. The summed E-state index contributed by atoms with van der Waals surface area (Å²) >= 11 is 0. The van der Waals surface area contributed by atoms with Gasteiger partial charge in [0.15, 0.2) is 9.84 Å². The molecule has 1 aliphatic heterocycles. The smallest absolute Gasteiger partial charge is 0.214 e. The van der Waals surface area contributed by atoms with E-state index in [0.29, 0.717) is 37.2 Å². The Kier molecular flexibility index (Phi) is 5.63. The first-order valence-electron chi connectivity index (χ1n) is 7.64. The van der Waals surface area contributed by atoms with Crippen molar-refractivity contribution in [1.29, 1.82) is 0 Å². The van der Waals surface area contributed by atoms with E-state index in [2.05, 4.69) is 0 Å². The summed E-state index contributed by atoms with van der Waals surface area (Å²) in [6, 6.07) is 8.38. The van der Waals surface area contributed by atoms with Crippen molar-refractivity contribution in [2.24, 2.45) is 0 Å². The van der Waals surface area contributed by atoms with Crippen LogP contribution in [0.3, 0.4) is 0 Å². The molecule has 2 rings (SSSR count). The first-order valence-corrected chi connectivity index (χ1v) is 10.8. The molecule has 22 heavy (non-hydrogen) atoms. The molecular formula is C15H23NO4S2. The van der Waals surface area contributed by atoms with Crippen molar-refractivity contribution >= 4 is 19.9 Å². The number of sulfonamides is 1. The van der Waals surface area contributed by atoms with Crippen molar-refractivity contribution in [3.8, 4) is 0 Å². The highest BCUT2D eigenvalue weighted by molar-refractivity contribution is 7.92. The van der Waals surface area contributed by atoms with Crippen molar-refractivity contribution in [3.63, 3.8) is 0 Å². The molecule has 0 bridgehead atoms. The molecule has 0 atom stereocenters. The summed E-state index contributed by atoms with van der Waals surface area (Å²) in [4.78, 5) is 0.322. The fraction of sp³-hybridized carbons (Fsp3) is 0.600. The van der Waals surface area contributed by atoms with E-state index < -0.39 is 25.1 Å². The van der Waals surface area contributed by atoms with E-state index in [9.17, 15) is 16.8 Å². The first-order chi connectivity index (χ1) is 10.4. The fourth-order valence-electron chi connectivity index (χ4n) is 2.68. The third kappa shape index (κ3) is 3.88. The van der Waals surface area contributed by atoms with Gasteiger partial charge in [-0.15, -0.1) is 0 Å². The number of hydrogen-bond acceptors (Lipinski definition) is 4. The average Bonchev–Trinajstić information content (AvgIpc) is 2.54. The van der Waals surface area contributed by atoms with E-state index in [0.717, 1.165) is 6.42 Å². The fourth-order valence-corrected chi connectivity index (χ4v) is 6.11. The lowest BCUT2D eigenvalue weighted by molar-refractivity contribution is 0.345. The van der Waals surface area contributed by atoms with Gasteiger partial charge >= 0.3 is 0 Å². The van der Waals surface area contributed by atoms with Gasteiger partial charge in [-0.1, -0.05) is 31.5 Å². The summed E-state index contributed by atoms with van der Waals surface area (Å²) < 4.78 is 50.8. The van der Waals surface area contributed by atoms with E-state index in [1.807, 2.05) is 6.92 Å². The lowest BCUT2D eigenvalue weighted by Gasteiger charge is -2.31. The van der Waals surface area contributed by atoms with E-state index in [1.54, 1.807) is 30.3 Å². The molecule has 0 saturated carbocycles. The summed E-state index contributed by atoms with van der Waals surface area (Å²) in [5, 5.41) is -0.493. The molecule has 124 valence electrons. The molecule has 1 aliphatic rings. The SMILES string of the molecule is CCCCS(=O)(=O)N1CCC(S(=O)(=O)c2ccccc2)CC1. The summed E-state index contributed by atoms with van der Waals surface area (Å²) in [6.07, 6.45) is 2.20. The van der Waals surface area contributed by atoms with Crippen LogP contribution in [0.1, 0.15) is 32.6 Å². The zero-order chi connectivity index (χ0) is 16.2. The normalized spacial score (nSPS) is 18.4. The number of sulfone groups is 1. The Labute approximate surface area is 133 Å². The van der Waals surface area contributed by atoms with E-state index in [1.165, 1.54) is 4.31 Å². The highest BCUT2D eigenvalue weighted by atomic mass is 32.2. The highest BCUT2D eigenvalue weighted by Gasteiger charge is 2.34. The Morgan fingerprint density at radius 1 is 1.05 bits per heavy atom. The highest BCUT2D eigenvalue weighted by Crippen LogP contribution is 2.25. The predicted molar refractivity (Wildman–Crippen MR) is 86.9 cm³/mol. The van der Waals surface area contributed by atoms with Crippen LogP contribution in [0, 0.1) is 0 Å². The molecular weight excluding hydrogens is 322 g/mol. The van der Waals surface area contributed by atoms with Gasteiger partial charge in [0.2, 0.25) is 10.0 Å². The van der Waals surface area contributed by atoms with Crippen LogP contribution in [-0.4, -0.2) is 45.2 Å². The minimum atomic E-state index is -3.37. The molecule has 0 N–H and O–H groups in total. The molecule has 1 aromatic carbocycles. The number of rotatable bonds is 6. The van der Waals surface area contributed by atoms with Gasteiger partial charge < -0.3 is 0 Å². The van der Waals surface area contributed by atoms with Gasteiger partial charge in [0.05, 0.1) is 15.9 Å². The van der Waals surface area contributed by atoms with Gasteiger partial charge in [0.1, 0.15) is 0 Å². The second-order valence-corrected chi connectivity index (χ2v) is 9.94. The zero-order valence-corrected chi connectivity index (χ0v) is 14.4. The van der Waals surface area contributed by atoms with Crippen molar-refractivity contribution < 1.29 is 16.8 Å². The molecule has 1 saturated heterocycles. The zero-order valence-electron chi connectivity index (χ0n) is 12.8. The maximum atomic E-state index is 12.5. The van der Waals surface area contributed by atoms with Crippen LogP contribution in [0.2, 0.25) is 0 Å². The maximum Gasteiger partial charge on any atom is 0.214 e. The van der Waals surface area contributed by atoms with Crippen LogP contribution in [0.5, 0.6) is 0 Å². The monoisotopic (exact) mass is 345 g/mol. The summed E-state index contributed by atoms with van der Waals surface area (Å²) in [7, 11) is -6.61. The Morgan fingerprint density at radius 2 is 1.64 bits per heavy atom. The van der Waals surface area contributed by atoms with Gasteiger partial charge in [0.25, 0.3) is 0 Å². The Morgan fingerprint density at radius 3 is 2.18 bits per heavy atom. The van der Waals surface area contributed by atoms with Gasteiger partial charge in [-0.2, -0.15) is 0 Å². The molecule has 0 unspecified atom stereocenters. The van der Waals surface area contributed by atoms with Crippen LogP contribution in [0.15, 0.2) is 35.2 Å². The lowest BCUT2D eigenvalue weighted by atomic mass is 10.2. The van der Waals surface area contributed by atoms with Crippen molar-refractivity contribution in [2.75, 3.05) is 18.8 Å². The van der Waals surface area contributed by atoms with Crippen molar-refractivity contribution in [2.45, 2.75) is 42.8 Å². The molecule has 0 aliphatic carbocycles. The number of unbranched alkanes of at least 4 members (excludes halogenated alkanes) is 1. The summed E-state index contributed by atoms with van der Waals surface area (Å²) in [6.45, 7) is 2.54. The topological polar surface area (TPSA) is 71.5 Å². The average molecular weight is 345 g/mol. The van der Waals surface area contributed by atoms with Gasteiger partial charge in [-0.05, 0) is 31.4 Å². The van der Waals surface area contributed by atoms with Crippen molar-refractivity contribution in [1.82, 2.24) is 4.31 Å². The molecule has 1 heterocycles. The maximum absolute atomic E-state index is 12.5. The van der Waals surface area contributed by atoms with Crippen LogP contribution >= 0.6 is 0 Å². The Bertz CT molecular complexity index is 676. The summed E-state index contributed by atoms with van der Waals surface area (Å²) in [5.74, 6) is 0.152. The quantitative estimate of drug-likeness (QED) is 0.791. The molecule has 1 fully saturated rings. The standard InChI is InChI=1S/C15H23NO4S2/c1-2-3-13-21(17,18)16-11-9-15(10-12-16)22(19,20)14-7-5-4-6-8-14/h4-8,15H,2-3,9-13H2,1H3. The van der Waals surface area contributed by atoms with E-state index >= 15 is 0 Å². The first kappa shape index (κ1) is 17.4. The van der Waals surface area contributed by atoms with Gasteiger partial charge in [-0.25, -0.2) is 21.1 Å². The third-order valence-electron chi connectivity index (χ3n) is 4.06. The predicted octanol–water partition coefficient (Wildman–Crippen LogP) is 2.05. The second-order valence-electron chi connectivity index (χ2n) is 5.63. The van der Waals surface area contributed by atoms with Gasteiger partial charge in [0, 0.05) is 13.1 Å². The Balaban J connectivity index is 2.04. The molecule has 7 heteroatoms. The second kappa shape index (κ2) is 7.10. The summed E-state index contributed by atoms with van der Waals surface area (Å²) in [5.41, 5.74) is 0. The number of benzene rings is 1. The number of nitrogens with zero attached hydrogens (tertiary/aromatic N) is 1. The van der Waals surface area contributed by atoms with E-state index in [4.69, 9.17) is 0 Å². The number of piperidine rings is 1. The largest absolute Gasteiger partial charge is 0.223 e. The van der Waals surface area contributed by atoms with Crippen LogP contribution in [0.25, 0.3) is 0 Å². The number of hydrogen-bond donors (Lipinski definition) is 0. The molecule has 0 aromatic heterocycles. The van der Waals surface area contributed by atoms with Crippen LogP contribution in [-0.2, 0) is 19.9 Å². The molecule has 1 aromatic rings. The van der Waals surface area contributed by atoms with E-state index in [-0.39, 0.29) is 5.75 Å². The molecule has 0 amide bonds. The minimum absolute atomic E-state index is 0.152. The van der Waals surface area contributed by atoms with Gasteiger partial charge in [-0.3, -0.25) is 0 Å². The van der Waals surface area contributed by atoms with Crippen molar-refractivity contribution in [3.05, 3.63) is 30.3 Å². The third-order valence-corrected chi connectivity index (χ3v) is 8.30. The van der Waals surface area contributed by atoms with Crippen LogP contribution < -0.4 is 0 Å². The van der Waals surface area contributed by atoms with Crippen LogP contribution in [0.4, 0.5) is 0 Å². The molecule has 0 spiro atoms. The Hall–Kier alpha value is -0.920. The lowest BCUT2D eigenvalue weighted by Crippen LogP contribution is -2.43. The molecule has 0 radical (unpaired) electrons.